The van der Waals surface area contributed by atoms with Crippen molar-refractivity contribution in [3.8, 4) is 11.5 Å². The molecule has 5 atom stereocenters. The Labute approximate surface area is 115 Å². The molecular weight excluding hydrogens is 268 g/mol. The van der Waals surface area contributed by atoms with Gasteiger partial charge in [0, 0.05) is 0 Å². The first-order chi connectivity index (χ1) is 9.58. The van der Waals surface area contributed by atoms with Gasteiger partial charge in [0.2, 0.25) is 0 Å². The van der Waals surface area contributed by atoms with Gasteiger partial charge in [0.25, 0.3) is 0 Å². The second-order valence-corrected chi connectivity index (χ2v) is 4.46. The zero-order chi connectivity index (χ0) is 14.7. The van der Waals surface area contributed by atoms with Crippen LogP contribution in [0.15, 0.2) is 24.3 Å². The van der Waals surface area contributed by atoms with Crippen LogP contribution in [0.25, 0.3) is 0 Å². The number of para-hydroxylation sites is 2. The minimum Gasteiger partial charge on any atom is -0.493 e. The SMILES string of the molecule is COc1ccccc1OC1C(CO)OC(O)C(O)C1O. The molecule has 1 aliphatic heterocycles. The van der Waals surface area contributed by atoms with E-state index in [4.69, 9.17) is 14.2 Å². The summed E-state index contributed by atoms with van der Waals surface area (Å²) in [6, 6.07) is 6.76. The molecule has 0 radical (unpaired) electrons. The molecule has 7 nitrogen and oxygen atoms in total. The number of hydrogen-bond donors (Lipinski definition) is 4. The summed E-state index contributed by atoms with van der Waals surface area (Å²) in [5.74, 6) is 0.779. The summed E-state index contributed by atoms with van der Waals surface area (Å²) in [7, 11) is 1.47. The van der Waals surface area contributed by atoms with Gasteiger partial charge in [-0.15, -0.1) is 0 Å². The first-order valence-corrected chi connectivity index (χ1v) is 6.18. The molecule has 1 fully saturated rings. The summed E-state index contributed by atoms with van der Waals surface area (Å²) < 4.78 is 15.7. The molecule has 20 heavy (non-hydrogen) atoms. The second-order valence-electron chi connectivity index (χ2n) is 4.46. The predicted octanol–water partition coefficient (Wildman–Crippen LogP) is -1.13. The molecular formula is C13H18O7. The molecule has 1 aromatic carbocycles. The van der Waals surface area contributed by atoms with Gasteiger partial charge in [-0.05, 0) is 12.1 Å². The maximum atomic E-state index is 9.97. The lowest BCUT2D eigenvalue weighted by Crippen LogP contribution is -2.60. The van der Waals surface area contributed by atoms with Gasteiger partial charge in [-0.25, -0.2) is 0 Å². The lowest BCUT2D eigenvalue weighted by atomic mass is 9.99. The lowest BCUT2D eigenvalue weighted by Gasteiger charge is -2.40. The Morgan fingerprint density at radius 2 is 1.75 bits per heavy atom. The van der Waals surface area contributed by atoms with Crippen LogP contribution in [0.1, 0.15) is 0 Å². The van der Waals surface area contributed by atoms with Gasteiger partial charge in [-0.1, -0.05) is 12.1 Å². The largest absolute Gasteiger partial charge is 0.493 e. The topological polar surface area (TPSA) is 109 Å². The van der Waals surface area contributed by atoms with Crippen molar-refractivity contribution in [2.45, 2.75) is 30.7 Å². The zero-order valence-electron chi connectivity index (χ0n) is 10.9. The van der Waals surface area contributed by atoms with Gasteiger partial charge in [-0.2, -0.15) is 0 Å². The number of benzene rings is 1. The average Bonchev–Trinajstić information content (AvgIpc) is 2.48. The van der Waals surface area contributed by atoms with Crippen molar-refractivity contribution < 1.29 is 34.6 Å². The maximum absolute atomic E-state index is 9.97. The molecule has 1 saturated heterocycles. The summed E-state index contributed by atoms with van der Waals surface area (Å²) in [5.41, 5.74) is 0. The Balaban J connectivity index is 2.20. The van der Waals surface area contributed by atoms with E-state index in [0.29, 0.717) is 11.5 Å². The van der Waals surface area contributed by atoms with Crippen LogP contribution < -0.4 is 9.47 Å². The van der Waals surface area contributed by atoms with E-state index in [9.17, 15) is 20.4 Å². The fourth-order valence-corrected chi connectivity index (χ4v) is 2.08. The Morgan fingerprint density at radius 3 is 2.35 bits per heavy atom. The normalized spacial score (nSPS) is 33.8. The molecule has 112 valence electrons. The third-order valence-corrected chi connectivity index (χ3v) is 3.17. The number of hydrogen-bond acceptors (Lipinski definition) is 7. The molecule has 0 amide bonds. The van der Waals surface area contributed by atoms with Gasteiger partial charge in [-0.3, -0.25) is 0 Å². The van der Waals surface area contributed by atoms with E-state index >= 15 is 0 Å². The van der Waals surface area contributed by atoms with Crippen molar-refractivity contribution >= 4 is 0 Å². The second kappa shape index (κ2) is 6.38. The minimum absolute atomic E-state index is 0.338. The fourth-order valence-electron chi connectivity index (χ4n) is 2.08. The van der Waals surface area contributed by atoms with E-state index in [2.05, 4.69) is 0 Å². The Kier molecular flexibility index (Phi) is 4.79. The number of aliphatic hydroxyl groups excluding tert-OH is 4. The molecule has 0 aromatic heterocycles. The summed E-state index contributed by atoms with van der Waals surface area (Å²) in [6.45, 7) is -0.472. The Hall–Kier alpha value is -1.38. The highest BCUT2D eigenvalue weighted by Crippen LogP contribution is 2.30. The predicted molar refractivity (Wildman–Crippen MR) is 67.4 cm³/mol. The van der Waals surface area contributed by atoms with Gasteiger partial charge < -0.3 is 34.6 Å². The molecule has 1 aromatic rings. The quantitative estimate of drug-likeness (QED) is 0.555. The Morgan fingerprint density at radius 1 is 1.10 bits per heavy atom. The van der Waals surface area contributed by atoms with Crippen LogP contribution in [-0.4, -0.2) is 64.8 Å². The van der Waals surface area contributed by atoms with Crippen LogP contribution in [0.3, 0.4) is 0 Å². The van der Waals surface area contributed by atoms with Crippen molar-refractivity contribution in [1.29, 1.82) is 0 Å². The van der Waals surface area contributed by atoms with Crippen molar-refractivity contribution in [3.63, 3.8) is 0 Å². The molecule has 1 heterocycles. The van der Waals surface area contributed by atoms with Crippen LogP contribution in [0.2, 0.25) is 0 Å². The third-order valence-electron chi connectivity index (χ3n) is 3.17. The van der Waals surface area contributed by atoms with Crippen LogP contribution in [0.4, 0.5) is 0 Å². The van der Waals surface area contributed by atoms with Crippen molar-refractivity contribution in [1.82, 2.24) is 0 Å². The summed E-state index contributed by atoms with van der Waals surface area (Å²) in [4.78, 5) is 0. The average molecular weight is 286 g/mol. The smallest absolute Gasteiger partial charge is 0.184 e. The molecule has 7 heteroatoms. The van der Waals surface area contributed by atoms with Crippen LogP contribution in [-0.2, 0) is 4.74 Å². The first kappa shape index (κ1) is 15.0. The summed E-state index contributed by atoms with van der Waals surface area (Å²) in [5, 5.41) is 38.2. The highest BCUT2D eigenvalue weighted by molar-refractivity contribution is 5.39. The highest BCUT2D eigenvalue weighted by Gasteiger charge is 2.45. The molecule has 4 N–H and O–H groups in total. The van der Waals surface area contributed by atoms with E-state index in [0.717, 1.165) is 0 Å². The number of ether oxygens (including phenoxy) is 3. The van der Waals surface area contributed by atoms with Crippen LogP contribution >= 0.6 is 0 Å². The first-order valence-electron chi connectivity index (χ1n) is 6.18. The van der Waals surface area contributed by atoms with Gasteiger partial charge in [0.15, 0.2) is 23.9 Å². The van der Waals surface area contributed by atoms with E-state index in [1.165, 1.54) is 7.11 Å². The molecule has 0 spiro atoms. The maximum Gasteiger partial charge on any atom is 0.184 e. The highest BCUT2D eigenvalue weighted by atomic mass is 16.7. The number of rotatable bonds is 4. The summed E-state index contributed by atoms with van der Waals surface area (Å²) in [6.07, 6.45) is -6.49. The molecule has 5 unspecified atom stereocenters. The van der Waals surface area contributed by atoms with Crippen molar-refractivity contribution in [2.75, 3.05) is 13.7 Å². The lowest BCUT2D eigenvalue weighted by molar-refractivity contribution is -0.282. The van der Waals surface area contributed by atoms with Crippen molar-refractivity contribution in [3.05, 3.63) is 24.3 Å². The molecule has 1 aliphatic rings. The monoisotopic (exact) mass is 286 g/mol. The van der Waals surface area contributed by atoms with Gasteiger partial charge >= 0.3 is 0 Å². The van der Waals surface area contributed by atoms with Crippen LogP contribution in [0.5, 0.6) is 11.5 Å². The van der Waals surface area contributed by atoms with Gasteiger partial charge in [0.05, 0.1) is 13.7 Å². The number of aliphatic hydroxyl groups is 4. The summed E-state index contributed by atoms with van der Waals surface area (Å²) >= 11 is 0. The van der Waals surface area contributed by atoms with E-state index in [-0.39, 0.29) is 0 Å². The fraction of sp³-hybridized carbons (Fsp3) is 0.538. The molecule has 0 bridgehead atoms. The van der Waals surface area contributed by atoms with Crippen LogP contribution in [0, 0.1) is 0 Å². The van der Waals surface area contributed by atoms with E-state index < -0.39 is 37.3 Å². The molecule has 2 rings (SSSR count). The Bertz CT molecular complexity index is 436. The van der Waals surface area contributed by atoms with Gasteiger partial charge in [0.1, 0.15) is 18.3 Å². The molecule has 0 aliphatic carbocycles. The van der Waals surface area contributed by atoms with E-state index in [1.54, 1.807) is 24.3 Å². The standard InChI is InChI=1S/C13H18O7/c1-18-7-4-2-3-5-8(7)19-12-9(6-14)20-13(17)11(16)10(12)15/h2-5,9-17H,6H2,1H3. The minimum atomic E-state index is -1.57. The number of methoxy groups -OCH3 is 1. The third kappa shape index (κ3) is 2.87. The molecule has 0 saturated carbocycles. The zero-order valence-corrected chi connectivity index (χ0v) is 10.9. The van der Waals surface area contributed by atoms with Crippen molar-refractivity contribution in [2.24, 2.45) is 0 Å². The van der Waals surface area contributed by atoms with E-state index in [1.807, 2.05) is 0 Å².